The predicted octanol–water partition coefficient (Wildman–Crippen LogP) is 1.35. The third-order valence-corrected chi connectivity index (χ3v) is 3.77. The summed E-state index contributed by atoms with van der Waals surface area (Å²) >= 11 is 1.10. The van der Waals surface area contributed by atoms with E-state index in [1.165, 1.54) is 21.0 Å². The molecule has 126 valence electrons. The van der Waals surface area contributed by atoms with Gasteiger partial charge in [0.05, 0.1) is 24.3 Å². The lowest BCUT2D eigenvalue weighted by molar-refractivity contribution is -0.145. The number of amides is 2. The lowest BCUT2D eigenvalue weighted by Gasteiger charge is -2.20. The van der Waals surface area contributed by atoms with Gasteiger partial charge in [-0.3, -0.25) is 9.59 Å². The average Bonchev–Trinajstić information content (AvgIpc) is 2.47. The molecule has 0 aliphatic rings. The molecule has 2 amide bonds. The molecule has 1 rings (SSSR count). The van der Waals surface area contributed by atoms with E-state index in [4.69, 9.17) is 9.84 Å². The fraction of sp³-hybridized carbons (Fsp3) is 0.400. The van der Waals surface area contributed by atoms with Crippen LogP contribution < -0.4 is 15.4 Å². The van der Waals surface area contributed by atoms with Crippen LogP contribution in [0.5, 0.6) is 5.75 Å². The molecule has 0 aliphatic carbocycles. The summed E-state index contributed by atoms with van der Waals surface area (Å²) in [5.74, 6) is -1.22. The first kappa shape index (κ1) is 18.8. The largest absolute Gasteiger partial charge is 0.495 e. The van der Waals surface area contributed by atoms with E-state index in [1.54, 1.807) is 24.3 Å². The van der Waals surface area contributed by atoms with Gasteiger partial charge in [-0.15, -0.1) is 11.8 Å². The maximum Gasteiger partial charge on any atom is 0.328 e. The van der Waals surface area contributed by atoms with E-state index in [-0.39, 0.29) is 17.4 Å². The molecular formula is C15H20N2O5S. The van der Waals surface area contributed by atoms with Crippen LogP contribution in [0.3, 0.4) is 0 Å². The van der Waals surface area contributed by atoms with Crippen LogP contribution >= 0.6 is 11.8 Å². The van der Waals surface area contributed by atoms with Crippen molar-refractivity contribution < 1.29 is 24.2 Å². The molecule has 0 aliphatic heterocycles. The summed E-state index contributed by atoms with van der Waals surface area (Å²) in [7, 11) is 1.51. The van der Waals surface area contributed by atoms with Crippen LogP contribution in [0.2, 0.25) is 0 Å². The predicted molar refractivity (Wildman–Crippen MR) is 88.8 cm³/mol. The van der Waals surface area contributed by atoms with E-state index < -0.39 is 17.4 Å². The molecule has 0 bridgehead atoms. The summed E-state index contributed by atoms with van der Waals surface area (Å²) in [6, 6.07) is 7.00. The number of para-hydroxylation sites is 2. The van der Waals surface area contributed by atoms with Crippen molar-refractivity contribution in [3.05, 3.63) is 24.3 Å². The maximum absolute atomic E-state index is 11.8. The van der Waals surface area contributed by atoms with Crippen LogP contribution in [0.25, 0.3) is 0 Å². The smallest absolute Gasteiger partial charge is 0.328 e. The molecule has 0 saturated heterocycles. The Balaban J connectivity index is 2.40. The van der Waals surface area contributed by atoms with Gasteiger partial charge in [-0.2, -0.15) is 0 Å². The first-order chi connectivity index (χ1) is 10.8. The summed E-state index contributed by atoms with van der Waals surface area (Å²) in [5.41, 5.74) is -0.783. The number of carbonyl (C=O) groups is 3. The number of methoxy groups -OCH3 is 1. The highest BCUT2D eigenvalue weighted by atomic mass is 32.2. The first-order valence-corrected chi connectivity index (χ1v) is 7.96. The normalized spacial score (nSPS) is 10.7. The van der Waals surface area contributed by atoms with Crippen molar-refractivity contribution in [3.63, 3.8) is 0 Å². The van der Waals surface area contributed by atoms with E-state index in [1.807, 2.05) is 0 Å². The number of rotatable bonds is 8. The van der Waals surface area contributed by atoms with Crippen molar-refractivity contribution in [2.75, 3.05) is 23.9 Å². The minimum Gasteiger partial charge on any atom is -0.495 e. The minimum absolute atomic E-state index is 0.00391. The van der Waals surface area contributed by atoms with Gasteiger partial charge in [-0.25, -0.2) is 4.79 Å². The van der Waals surface area contributed by atoms with E-state index in [0.29, 0.717) is 11.4 Å². The first-order valence-electron chi connectivity index (χ1n) is 6.81. The van der Waals surface area contributed by atoms with Crippen molar-refractivity contribution >= 4 is 35.2 Å². The molecule has 7 nitrogen and oxygen atoms in total. The molecular weight excluding hydrogens is 320 g/mol. The van der Waals surface area contributed by atoms with E-state index in [2.05, 4.69) is 10.6 Å². The summed E-state index contributed by atoms with van der Waals surface area (Å²) < 4.78 is 5.12. The van der Waals surface area contributed by atoms with E-state index in [0.717, 1.165) is 11.8 Å². The van der Waals surface area contributed by atoms with Crippen molar-refractivity contribution in [2.45, 2.75) is 19.4 Å². The lowest BCUT2D eigenvalue weighted by atomic mass is 10.1. The van der Waals surface area contributed by atoms with Gasteiger partial charge in [0.25, 0.3) is 0 Å². The fourth-order valence-electron chi connectivity index (χ4n) is 1.61. The van der Waals surface area contributed by atoms with Gasteiger partial charge in [0.15, 0.2) is 0 Å². The highest BCUT2D eigenvalue weighted by Gasteiger charge is 2.28. The standard InChI is InChI=1S/C15H20N2O5S/c1-15(2,14(20)21)17-13(19)9-23-8-12(18)16-10-6-4-5-7-11(10)22-3/h4-7H,8-9H2,1-3H3,(H,16,18)(H,17,19)(H,20,21). The molecule has 0 fully saturated rings. The third kappa shape index (κ3) is 6.19. The second-order valence-corrected chi connectivity index (χ2v) is 6.21. The zero-order chi connectivity index (χ0) is 17.5. The maximum atomic E-state index is 11.8. The summed E-state index contributed by atoms with van der Waals surface area (Å²) in [6.45, 7) is 2.79. The number of thioether (sulfide) groups is 1. The molecule has 0 atom stereocenters. The highest BCUT2D eigenvalue weighted by molar-refractivity contribution is 8.00. The number of carboxylic acids is 1. The number of benzene rings is 1. The van der Waals surface area contributed by atoms with Gasteiger partial charge in [-0.05, 0) is 26.0 Å². The molecule has 0 spiro atoms. The minimum atomic E-state index is -1.34. The second kappa shape index (κ2) is 8.42. The number of anilines is 1. The van der Waals surface area contributed by atoms with Crippen molar-refractivity contribution in [2.24, 2.45) is 0 Å². The Morgan fingerprint density at radius 3 is 2.39 bits per heavy atom. The Morgan fingerprint density at radius 1 is 1.17 bits per heavy atom. The van der Waals surface area contributed by atoms with Crippen molar-refractivity contribution in [1.29, 1.82) is 0 Å². The number of ether oxygens (including phenoxy) is 1. The zero-order valence-electron chi connectivity index (χ0n) is 13.2. The number of hydrogen-bond acceptors (Lipinski definition) is 5. The van der Waals surface area contributed by atoms with Gasteiger partial charge in [0.2, 0.25) is 11.8 Å². The molecule has 0 saturated carbocycles. The monoisotopic (exact) mass is 340 g/mol. The Morgan fingerprint density at radius 2 is 1.78 bits per heavy atom. The van der Waals surface area contributed by atoms with Crippen LogP contribution in [0.15, 0.2) is 24.3 Å². The van der Waals surface area contributed by atoms with E-state index >= 15 is 0 Å². The Bertz CT molecular complexity index is 589. The molecule has 0 radical (unpaired) electrons. The van der Waals surface area contributed by atoms with Crippen LogP contribution in [0, 0.1) is 0 Å². The summed E-state index contributed by atoms with van der Waals surface area (Å²) in [5, 5.41) is 14.0. The summed E-state index contributed by atoms with van der Waals surface area (Å²) in [4.78, 5) is 34.4. The van der Waals surface area contributed by atoms with Crippen molar-refractivity contribution in [3.8, 4) is 5.75 Å². The molecule has 0 heterocycles. The highest BCUT2D eigenvalue weighted by Crippen LogP contribution is 2.23. The summed E-state index contributed by atoms with van der Waals surface area (Å²) in [6.07, 6.45) is 0. The number of aliphatic carboxylic acids is 1. The van der Waals surface area contributed by atoms with Gasteiger partial charge in [0, 0.05) is 0 Å². The Labute approximate surface area is 138 Å². The molecule has 0 unspecified atom stereocenters. The van der Waals surface area contributed by atoms with Gasteiger partial charge in [0.1, 0.15) is 11.3 Å². The Kier molecular flexibility index (Phi) is 6.89. The molecule has 3 N–H and O–H groups in total. The number of hydrogen-bond donors (Lipinski definition) is 3. The quantitative estimate of drug-likeness (QED) is 0.660. The lowest BCUT2D eigenvalue weighted by Crippen LogP contribution is -2.50. The van der Waals surface area contributed by atoms with Gasteiger partial charge in [-0.1, -0.05) is 12.1 Å². The number of carboxylic acid groups (broad SMARTS) is 1. The van der Waals surface area contributed by atoms with Crippen LogP contribution in [-0.4, -0.2) is 47.0 Å². The van der Waals surface area contributed by atoms with Gasteiger partial charge >= 0.3 is 5.97 Å². The molecule has 23 heavy (non-hydrogen) atoms. The molecule has 1 aromatic rings. The fourth-order valence-corrected chi connectivity index (χ4v) is 2.23. The number of nitrogens with one attached hydrogen (secondary N) is 2. The van der Waals surface area contributed by atoms with Crippen LogP contribution in [0.1, 0.15) is 13.8 Å². The topological polar surface area (TPSA) is 105 Å². The Hall–Kier alpha value is -2.22. The van der Waals surface area contributed by atoms with Crippen molar-refractivity contribution in [1.82, 2.24) is 5.32 Å². The second-order valence-electron chi connectivity index (χ2n) is 5.22. The molecule has 8 heteroatoms. The third-order valence-electron chi connectivity index (χ3n) is 2.83. The molecule has 1 aromatic carbocycles. The van der Waals surface area contributed by atoms with Crippen LogP contribution in [-0.2, 0) is 14.4 Å². The average molecular weight is 340 g/mol. The SMILES string of the molecule is COc1ccccc1NC(=O)CSCC(=O)NC(C)(C)C(=O)O. The van der Waals surface area contributed by atoms with Gasteiger partial charge < -0.3 is 20.5 Å². The van der Waals surface area contributed by atoms with Crippen LogP contribution in [0.4, 0.5) is 5.69 Å². The van der Waals surface area contributed by atoms with E-state index in [9.17, 15) is 14.4 Å². The number of carbonyl (C=O) groups excluding carboxylic acids is 2. The zero-order valence-corrected chi connectivity index (χ0v) is 14.0. The molecule has 0 aromatic heterocycles.